The highest BCUT2D eigenvalue weighted by Gasteiger charge is 2.16. The molecule has 2 heterocycles. The molecule has 1 aliphatic rings. The molecule has 0 atom stereocenters. The van der Waals surface area contributed by atoms with Gasteiger partial charge in [0.05, 0.1) is 0 Å². The molecule has 0 aromatic carbocycles. The van der Waals surface area contributed by atoms with Crippen LogP contribution in [0.2, 0.25) is 0 Å². The Morgan fingerprint density at radius 3 is 3.20 bits per heavy atom. The van der Waals surface area contributed by atoms with Gasteiger partial charge in [0, 0.05) is 24.5 Å². The van der Waals surface area contributed by atoms with Crippen LogP contribution in [0.1, 0.15) is 17.7 Å². The fourth-order valence-corrected chi connectivity index (χ4v) is 1.56. The Bertz CT molecular complexity index is 253. The molecule has 0 N–H and O–H groups in total. The molecule has 0 amide bonds. The zero-order valence-corrected chi connectivity index (χ0v) is 6.30. The highest BCUT2D eigenvalue weighted by Crippen LogP contribution is 2.06. The van der Waals surface area contributed by atoms with Gasteiger partial charge in [-0.2, -0.15) is 0 Å². The van der Waals surface area contributed by atoms with Crippen molar-refractivity contribution in [2.75, 3.05) is 0 Å². The number of aromatic nitrogens is 1. The Labute approximate surface area is 61.3 Å². The van der Waals surface area contributed by atoms with Gasteiger partial charge in [-0.15, -0.1) is 0 Å². The summed E-state index contributed by atoms with van der Waals surface area (Å²) in [5.74, 6) is 0. The minimum atomic E-state index is 1.22. The van der Waals surface area contributed by atoms with Crippen LogP contribution >= 0.6 is 0 Å². The first-order chi connectivity index (χ1) is 4.86. The summed E-state index contributed by atoms with van der Waals surface area (Å²) in [6.07, 6.45) is 4.83. The van der Waals surface area contributed by atoms with Gasteiger partial charge in [0.15, 0.2) is 11.9 Å². The molecule has 1 nitrogen and oxygen atoms in total. The monoisotopic (exact) mass is 134 g/mol. The van der Waals surface area contributed by atoms with Gasteiger partial charge in [-0.05, 0) is 13.0 Å². The molecule has 10 heavy (non-hydrogen) atoms. The number of pyridine rings is 1. The Balaban J connectivity index is 2.52. The van der Waals surface area contributed by atoms with Crippen molar-refractivity contribution in [3.05, 3.63) is 29.6 Å². The van der Waals surface area contributed by atoms with Gasteiger partial charge >= 0.3 is 0 Å². The van der Waals surface area contributed by atoms with Crippen LogP contribution < -0.4 is 4.57 Å². The summed E-state index contributed by atoms with van der Waals surface area (Å²) >= 11 is 0. The second-order valence-electron chi connectivity index (χ2n) is 2.99. The van der Waals surface area contributed by atoms with Gasteiger partial charge in [-0.25, -0.2) is 4.57 Å². The zero-order valence-electron chi connectivity index (χ0n) is 6.30. The molecule has 2 rings (SSSR count). The van der Waals surface area contributed by atoms with Crippen LogP contribution in [0.4, 0.5) is 0 Å². The third-order valence-corrected chi connectivity index (χ3v) is 2.10. The number of hydrogen-bond acceptors (Lipinski definition) is 0. The lowest BCUT2D eigenvalue weighted by molar-refractivity contribution is -0.691. The van der Waals surface area contributed by atoms with Crippen LogP contribution in [0.3, 0.4) is 0 Å². The summed E-state index contributed by atoms with van der Waals surface area (Å²) in [7, 11) is 0. The molecule has 0 unspecified atom stereocenters. The van der Waals surface area contributed by atoms with Crippen molar-refractivity contribution in [1.82, 2.24) is 0 Å². The Morgan fingerprint density at radius 1 is 1.40 bits per heavy atom. The van der Waals surface area contributed by atoms with Crippen LogP contribution in [0.15, 0.2) is 18.3 Å². The highest BCUT2D eigenvalue weighted by atomic mass is 15.0. The van der Waals surface area contributed by atoms with E-state index in [2.05, 4.69) is 29.8 Å². The largest absolute Gasteiger partial charge is 0.202 e. The topological polar surface area (TPSA) is 3.88 Å². The van der Waals surface area contributed by atoms with E-state index in [9.17, 15) is 0 Å². The first-order valence-corrected chi connectivity index (χ1v) is 3.85. The SMILES string of the molecule is Cc1ccc2[n+](c1)CCC2. The van der Waals surface area contributed by atoms with Crippen LogP contribution in [-0.4, -0.2) is 0 Å². The molecule has 0 aliphatic carbocycles. The van der Waals surface area contributed by atoms with Crippen molar-refractivity contribution in [2.24, 2.45) is 0 Å². The molecule has 0 fully saturated rings. The Kier molecular flexibility index (Phi) is 1.23. The smallest absolute Gasteiger partial charge is 0.181 e. The van der Waals surface area contributed by atoms with E-state index in [1.54, 1.807) is 0 Å². The number of fused-ring (bicyclic) bond motifs is 1. The lowest BCUT2D eigenvalue weighted by Gasteiger charge is -1.92. The van der Waals surface area contributed by atoms with Gasteiger partial charge in [-0.3, -0.25) is 0 Å². The van der Waals surface area contributed by atoms with Gasteiger partial charge in [0.25, 0.3) is 0 Å². The molecule has 1 aliphatic heterocycles. The van der Waals surface area contributed by atoms with Crippen LogP contribution in [-0.2, 0) is 13.0 Å². The lowest BCUT2D eigenvalue weighted by atomic mass is 10.2. The number of rotatable bonds is 0. The van der Waals surface area contributed by atoms with Gasteiger partial charge in [-0.1, -0.05) is 0 Å². The molecular weight excluding hydrogens is 122 g/mol. The third-order valence-electron chi connectivity index (χ3n) is 2.10. The number of hydrogen-bond donors (Lipinski definition) is 0. The van der Waals surface area contributed by atoms with Crippen molar-refractivity contribution in [3.63, 3.8) is 0 Å². The highest BCUT2D eigenvalue weighted by molar-refractivity contribution is 5.08. The first kappa shape index (κ1) is 5.90. The van der Waals surface area contributed by atoms with E-state index < -0.39 is 0 Å². The van der Waals surface area contributed by atoms with E-state index in [-0.39, 0.29) is 0 Å². The molecular formula is C9H12N+. The second-order valence-corrected chi connectivity index (χ2v) is 2.99. The average Bonchev–Trinajstić information content (AvgIpc) is 2.33. The zero-order chi connectivity index (χ0) is 6.97. The molecule has 1 aromatic rings. The predicted octanol–water partition coefficient (Wildman–Crippen LogP) is 1.23. The number of nitrogens with zero attached hydrogens (tertiary/aromatic N) is 1. The Morgan fingerprint density at radius 2 is 2.30 bits per heavy atom. The van der Waals surface area contributed by atoms with Gasteiger partial charge in [0.2, 0.25) is 0 Å². The van der Waals surface area contributed by atoms with Crippen molar-refractivity contribution in [2.45, 2.75) is 26.3 Å². The average molecular weight is 134 g/mol. The van der Waals surface area contributed by atoms with Crippen molar-refractivity contribution >= 4 is 0 Å². The first-order valence-electron chi connectivity index (χ1n) is 3.85. The van der Waals surface area contributed by atoms with E-state index in [1.165, 1.54) is 30.6 Å². The van der Waals surface area contributed by atoms with E-state index in [1.807, 2.05) is 0 Å². The fourth-order valence-electron chi connectivity index (χ4n) is 1.56. The van der Waals surface area contributed by atoms with Crippen LogP contribution in [0.25, 0.3) is 0 Å². The quantitative estimate of drug-likeness (QED) is 0.470. The molecule has 0 saturated carbocycles. The molecule has 1 heteroatoms. The molecule has 0 bridgehead atoms. The van der Waals surface area contributed by atoms with Crippen LogP contribution in [0, 0.1) is 6.92 Å². The van der Waals surface area contributed by atoms with E-state index >= 15 is 0 Å². The van der Waals surface area contributed by atoms with Gasteiger partial charge in [0.1, 0.15) is 6.54 Å². The predicted molar refractivity (Wildman–Crippen MR) is 39.7 cm³/mol. The maximum absolute atomic E-state index is 2.36. The lowest BCUT2D eigenvalue weighted by Crippen LogP contribution is -2.32. The van der Waals surface area contributed by atoms with E-state index in [0.717, 1.165) is 0 Å². The summed E-state index contributed by atoms with van der Waals surface area (Å²) in [6.45, 7) is 3.36. The van der Waals surface area contributed by atoms with E-state index in [4.69, 9.17) is 0 Å². The minimum absolute atomic E-state index is 1.22. The standard InChI is InChI=1S/C9H12N/c1-8-4-5-9-3-2-6-10(9)7-8/h4-5,7H,2-3,6H2,1H3/q+1. The maximum Gasteiger partial charge on any atom is 0.181 e. The van der Waals surface area contributed by atoms with Crippen LogP contribution in [0.5, 0.6) is 0 Å². The normalized spacial score (nSPS) is 15.3. The second kappa shape index (κ2) is 2.08. The number of aryl methyl sites for hydroxylation is 3. The fraction of sp³-hybridized carbons (Fsp3) is 0.444. The summed E-state index contributed by atoms with van der Waals surface area (Å²) in [6, 6.07) is 4.43. The third kappa shape index (κ3) is 0.821. The summed E-state index contributed by atoms with van der Waals surface area (Å²) in [5, 5.41) is 0. The van der Waals surface area contributed by atoms with Crippen molar-refractivity contribution in [3.8, 4) is 0 Å². The molecule has 52 valence electrons. The maximum atomic E-state index is 2.36. The summed E-state index contributed by atoms with van der Waals surface area (Å²) in [4.78, 5) is 0. The Hall–Kier alpha value is -0.850. The minimum Gasteiger partial charge on any atom is -0.202 e. The molecule has 0 spiro atoms. The molecule has 0 saturated heterocycles. The summed E-state index contributed by atoms with van der Waals surface area (Å²) in [5.41, 5.74) is 2.86. The molecule has 1 aromatic heterocycles. The molecule has 0 radical (unpaired) electrons. The van der Waals surface area contributed by atoms with Crippen molar-refractivity contribution in [1.29, 1.82) is 0 Å². The van der Waals surface area contributed by atoms with Crippen molar-refractivity contribution < 1.29 is 4.57 Å². The van der Waals surface area contributed by atoms with Gasteiger partial charge < -0.3 is 0 Å². The van der Waals surface area contributed by atoms with E-state index in [0.29, 0.717) is 0 Å². The summed E-state index contributed by atoms with van der Waals surface area (Å²) < 4.78 is 2.36.